The SMILES string of the molecule is N#CC(=Cc1cn(Cc2ccccc2F)c2ccccc12)C(=O)NCc1ccc2c(c1)OCO2. The van der Waals surface area contributed by atoms with Crippen LogP contribution in [0.4, 0.5) is 4.39 Å². The molecule has 3 aromatic carbocycles. The number of nitrogens with zero attached hydrogens (tertiary/aromatic N) is 2. The summed E-state index contributed by atoms with van der Waals surface area (Å²) in [5.74, 6) is 0.536. The van der Waals surface area contributed by atoms with E-state index in [1.54, 1.807) is 36.4 Å². The van der Waals surface area contributed by atoms with Gasteiger partial charge in [-0.3, -0.25) is 4.79 Å². The molecule has 0 unspecified atom stereocenters. The molecule has 2 heterocycles. The third kappa shape index (κ3) is 4.21. The van der Waals surface area contributed by atoms with Gasteiger partial charge >= 0.3 is 0 Å². The van der Waals surface area contributed by atoms with E-state index in [1.807, 2.05) is 47.2 Å². The molecule has 0 fully saturated rings. The number of hydrogen-bond acceptors (Lipinski definition) is 4. The largest absolute Gasteiger partial charge is 0.454 e. The first-order valence-electron chi connectivity index (χ1n) is 10.7. The maximum atomic E-state index is 14.2. The summed E-state index contributed by atoms with van der Waals surface area (Å²) in [5, 5.41) is 13.3. The van der Waals surface area contributed by atoms with Crippen molar-refractivity contribution in [2.24, 2.45) is 0 Å². The molecule has 5 rings (SSSR count). The van der Waals surface area contributed by atoms with Crippen LogP contribution < -0.4 is 14.8 Å². The highest BCUT2D eigenvalue weighted by Crippen LogP contribution is 2.32. The number of fused-ring (bicyclic) bond motifs is 2. The second-order valence-corrected chi connectivity index (χ2v) is 7.86. The Kier molecular flexibility index (Phi) is 5.71. The Morgan fingerprint density at radius 2 is 1.88 bits per heavy atom. The van der Waals surface area contributed by atoms with Gasteiger partial charge in [0.25, 0.3) is 5.91 Å². The van der Waals surface area contributed by atoms with E-state index in [-0.39, 0.29) is 24.7 Å². The number of benzene rings is 3. The first-order chi connectivity index (χ1) is 16.6. The lowest BCUT2D eigenvalue weighted by molar-refractivity contribution is -0.117. The molecular formula is C27H20FN3O3. The first kappa shape index (κ1) is 21.3. The predicted molar refractivity (Wildman–Crippen MR) is 125 cm³/mol. The summed E-state index contributed by atoms with van der Waals surface area (Å²) in [4.78, 5) is 12.8. The van der Waals surface area contributed by atoms with Gasteiger partial charge in [0.1, 0.15) is 17.5 Å². The van der Waals surface area contributed by atoms with Crippen molar-refractivity contribution in [2.45, 2.75) is 13.1 Å². The van der Waals surface area contributed by atoms with Gasteiger partial charge < -0.3 is 19.4 Å². The Morgan fingerprint density at radius 3 is 2.74 bits per heavy atom. The zero-order valence-corrected chi connectivity index (χ0v) is 18.1. The average Bonchev–Trinajstić information content (AvgIpc) is 3.47. The summed E-state index contributed by atoms with van der Waals surface area (Å²) in [7, 11) is 0. The summed E-state index contributed by atoms with van der Waals surface area (Å²) >= 11 is 0. The molecule has 1 aromatic heterocycles. The van der Waals surface area contributed by atoms with Gasteiger partial charge in [-0.2, -0.15) is 5.26 Å². The molecule has 0 saturated carbocycles. The molecule has 34 heavy (non-hydrogen) atoms. The molecule has 0 bridgehead atoms. The van der Waals surface area contributed by atoms with Crippen LogP contribution in [0.15, 0.2) is 78.5 Å². The van der Waals surface area contributed by atoms with E-state index in [9.17, 15) is 14.4 Å². The van der Waals surface area contributed by atoms with Gasteiger partial charge in [0.2, 0.25) is 6.79 Å². The molecule has 0 saturated heterocycles. The molecule has 4 aromatic rings. The lowest BCUT2D eigenvalue weighted by Gasteiger charge is -2.06. The zero-order chi connectivity index (χ0) is 23.5. The quantitative estimate of drug-likeness (QED) is 0.337. The molecule has 0 aliphatic carbocycles. The van der Waals surface area contributed by atoms with Crippen LogP contribution in [0.2, 0.25) is 0 Å². The van der Waals surface area contributed by atoms with Crippen molar-refractivity contribution in [3.05, 3.63) is 101 Å². The van der Waals surface area contributed by atoms with Gasteiger partial charge in [0, 0.05) is 34.8 Å². The molecule has 1 aliphatic heterocycles. The molecular weight excluding hydrogens is 433 g/mol. The highest BCUT2D eigenvalue weighted by atomic mass is 19.1. The Hall–Kier alpha value is -4.57. The Morgan fingerprint density at radius 1 is 1.09 bits per heavy atom. The molecule has 7 heteroatoms. The van der Waals surface area contributed by atoms with E-state index < -0.39 is 5.91 Å². The third-order valence-corrected chi connectivity index (χ3v) is 5.67. The van der Waals surface area contributed by atoms with Gasteiger partial charge in [0.15, 0.2) is 11.5 Å². The summed E-state index contributed by atoms with van der Waals surface area (Å²) in [6, 6.07) is 21.7. The maximum absolute atomic E-state index is 14.2. The molecule has 0 atom stereocenters. The normalized spacial score (nSPS) is 12.5. The molecule has 1 amide bonds. The highest BCUT2D eigenvalue weighted by molar-refractivity contribution is 6.04. The van der Waals surface area contributed by atoms with E-state index in [0.717, 1.165) is 16.5 Å². The fourth-order valence-electron chi connectivity index (χ4n) is 3.96. The average molecular weight is 453 g/mol. The summed E-state index contributed by atoms with van der Waals surface area (Å²) in [6.07, 6.45) is 3.40. The van der Waals surface area contributed by atoms with E-state index in [1.165, 1.54) is 6.07 Å². The summed E-state index contributed by atoms with van der Waals surface area (Å²) in [5.41, 5.74) is 2.96. The predicted octanol–water partition coefficient (Wildman–Crippen LogP) is 4.78. The van der Waals surface area contributed by atoms with Crippen LogP contribution in [-0.2, 0) is 17.9 Å². The number of nitriles is 1. The van der Waals surface area contributed by atoms with Gasteiger partial charge in [-0.05, 0) is 35.9 Å². The van der Waals surface area contributed by atoms with Crippen LogP contribution in [0, 0.1) is 17.1 Å². The van der Waals surface area contributed by atoms with Crippen molar-refractivity contribution in [3.63, 3.8) is 0 Å². The fraction of sp³-hybridized carbons (Fsp3) is 0.111. The van der Waals surface area contributed by atoms with E-state index in [2.05, 4.69) is 5.32 Å². The van der Waals surface area contributed by atoms with Crippen molar-refractivity contribution in [2.75, 3.05) is 6.79 Å². The number of hydrogen-bond donors (Lipinski definition) is 1. The second kappa shape index (κ2) is 9.12. The number of halogens is 1. The Labute approximate surface area is 195 Å². The van der Waals surface area contributed by atoms with Crippen molar-refractivity contribution >= 4 is 22.9 Å². The van der Waals surface area contributed by atoms with Crippen LogP contribution in [0.1, 0.15) is 16.7 Å². The summed E-state index contributed by atoms with van der Waals surface area (Å²) < 4.78 is 26.8. The molecule has 1 aliphatic rings. The van der Waals surface area contributed by atoms with Gasteiger partial charge in [-0.15, -0.1) is 0 Å². The van der Waals surface area contributed by atoms with E-state index >= 15 is 0 Å². The van der Waals surface area contributed by atoms with Crippen LogP contribution in [0.5, 0.6) is 11.5 Å². The van der Waals surface area contributed by atoms with Gasteiger partial charge in [-0.1, -0.05) is 42.5 Å². The van der Waals surface area contributed by atoms with Gasteiger partial charge in [-0.25, -0.2) is 4.39 Å². The number of amides is 1. The van der Waals surface area contributed by atoms with E-state index in [4.69, 9.17) is 9.47 Å². The minimum atomic E-state index is -0.480. The molecule has 168 valence electrons. The number of rotatable bonds is 6. The Bertz CT molecular complexity index is 1470. The minimum Gasteiger partial charge on any atom is -0.454 e. The molecule has 0 radical (unpaired) electrons. The third-order valence-electron chi connectivity index (χ3n) is 5.67. The number of para-hydroxylation sites is 1. The van der Waals surface area contributed by atoms with Crippen molar-refractivity contribution in [3.8, 4) is 17.6 Å². The second-order valence-electron chi connectivity index (χ2n) is 7.86. The van der Waals surface area contributed by atoms with Crippen LogP contribution in [0.3, 0.4) is 0 Å². The lowest BCUT2D eigenvalue weighted by Crippen LogP contribution is -2.23. The lowest BCUT2D eigenvalue weighted by atomic mass is 10.1. The van der Waals surface area contributed by atoms with Crippen LogP contribution >= 0.6 is 0 Å². The number of carbonyl (C=O) groups is 1. The fourth-order valence-corrected chi connectivity index (χ4v) is 3.96. The zero-order valence-electron chi connectivity index (χ0n) is 18.1. The smallest absolute Gasteiger partial charge is 0.262 e. The van der Waals surface area contributed by atoms with Crippen molar-refractivity contribution < 1.29 is 18.7 Å². The van der Waals surface area contributed by atoms with Crippen molar-refractivity contribution in [1.29, 1.82) is 5.26 Å². The standard InChI is InChI=1S/C27H20FN3O3/c28-23-7-3-1-5-19(23)15-31-16-21(22-6-2-4-8-24(22)31)12-20(13-29)27(32)30-14-18-9-10-25-26(11-18)34-17-33-25/h1-12,16H,14-15,17H2,(H,30,32). The number of carbonyl (C=O) groups excluding carboxylic acids is 1. The molecule has 1 N–H and O–H groups in total. The molecule has 0 spiro atoms. The Balaban J connectivity index is 1.39. The maximum Gasteiger partial charge on any atom is 0.262 e. The van der Waals surface area contributed by atoms with E-state index in [0.29, 0.717) is 29.2 Å². The van der Waals surface area contributed by atoms with Crippen LogP contribution in [0.25, 0.3) is 17.0 Å². The minimum absolute atomic E-state index is 0.0189. The summed E-state index contributed by atoms with van der Waals surface area (Å²) in [6.45, 7) is 0.750. The highest BCUT2D eigenvalue weighted by Gasteiger charge is 2.16. The number of ether oxygens (including phenoxy) is 2. The topological polar surface area (TPSA) is 76.3 Å². The van der Waals surface area contributed by atoms with Gasteiger partial charge in [0.05, 0.1) is 6.54 Å². The monoisotopic (exact) mass is 453 g/mol. The number of nitrogens with one attached hydrogen (secondary N) is 1. The first-order valence-corrected chi connectivity index (χ1v) is 10.7. The molecule has 6 nitrogen and oxygen atoms in total. The van der Waals surface area contributed by atoms with Crippen LogP contribution in [-0.4, -0.2) is 17.3 Å². The van der Waals surface area contributed by atoms with Crippen molar-refractivity contribution in [1.82, 2.24) is 9.88 Å². The number of aromatic nitrogens is 1.